The van der Waals surface area contributed by atoms with Crippen molar-refractivity contribution in [2.75, 3.05) is 6.54 Å². The summed E-state index contributed by atoms with van der Waals surface area (Å²) in [5.41, 5.74) is 13.1. The van der Waals surface area contributed by atoms with Crippen LogP contribution in [0.15, 0.2) is 30.3 Å². The molecule has 3 rings (SSSR count). The number of hydrogen-bond acceptors (Lipinski definition) is 4. The maximum Gasteiger partial charge on any atom is 0.238 e. The molecule has 1 amide bonds. The molecule has 1 aliphatic carbocycles. The fourth-order valence-electron chi connectivity index (χ4n) is 3.48. The number of amides is 1. The maximum atomic E-state index is 12.2. The molecule has 1 heterocycles. The van der Waals surface area contributed by atoms with Gasteiger partial charge in [-0.15, -0.1) is 0 Å². The largest absolute Gasteiger partial charge is 0.354 e. The van der Waals surface area contributed by atoms with Crippen LogP contribution < -0.4 is 21.9 Å². The highest BCUT2D eigenvalue weighted by Crippen LogP contribution is 2.63. The summed E-state index contributed by atoms with van der Waals surface area (Å²) in [6.07, 6.45) is 1.56. The third-order valence-corrected chi connectivity index (χ3v) is 5.05. The first kappa shape index (κ1) is 14.5. The lowest BCUT2D eigenvalue weighted by Gasteiger charge is -2.23. The van der Waals surface area contributed by atoms with Gasteiger partial charge in [-0.25, -0.2) is 10.9 Å². The van der Waals surface area contributed by atoms with E-state index in [1.807, 2.05) is 6.07 Å². The molecule has 2 aliphatic rings. The van der Waals surface area contributed by atoms with Gasteiger partial charge in [0.1, 0.15) is 6.04 Å². The van der Waals surface area contributed by atoms with E-state index in [9.17, 15) is 4.79 Å². The van der Waals surface area contributed by atoms with Crippen LogP contribution in [0.25, 0.3) is 0 Å². The van der Waals surface area contributed by atoms with Gasteiger partial charge in [-0.05, 0) is 17.4 Å². The Kier molecular flexibility index (Phi) is 3.51. The topological polar surface area (TPSA) is 79.2 Å². The first-order valence-corrected chi connectivity index (χ1v) is 7.54. The molecule has 1 saturated heterocycles. The zero-order valence-corrected chi connectivity index (χ0v) is 12.6. The fraction of sp³-hybridized carbons (Fsp3) is 0.562. The zero-order chi connectivity index (χ0) is 15.1. The zero-order valence-electron chi connectivity index (χ0n) is 12.6. The van der Waals surface area contributed by atoms with Crippen molar-refractivity contribution < 1.29 is 4.79 Å². The first-order chi connectivity index (χ1) is 9.95. The predicted molar refractivity (Wildman–Crippen MR) is 82.2 cm³/mol. The van der Waals surface area contributed by atoms with Crippen LogP contribution in [-0.2, 0) is 10.2 Å². The highest BCUT2D eigenvalue weighted by Gasteiger charge is 2.61. The van der Waals surface area contributed by atoms with E-state index < -0.39 is 0 Å². The Morgan fingerprint density at radius 3 is 2.52 bits per heavy atom. The van der Waals surface area contributed by atoms with Crippen molar-refractivity contribution >= 4 is 5.91 Å². The Bertz CT molecular complexity index is 530. The molecule has 2 fully saturated rings. The lowest BCUT2D eigenvalue weighted by molar-refractivity contribution is -0.123. The lowest BCUT2D eigenvalue weighted by Crippen LogP contribution is -2.46. The molecule has 3 atom stereocenters. The summed E-state index contributed by atoms with van der Waals surface area (Å²) in [7, 11) is 0. The van der Waals surface area contributed by atoms with Crippen molar-refractivity contribution in [3.05, 3.63) is 35.9 Å². The van der Waals surface area contributed by atoms with Crippen LogP contribution in [0.2, 0.25) is 0 Å². The Morgan fingerprint density at radius 1 is 1.33 bits per heavy atom. The number of nitrogens with one attached hydrogen (secondary N) is 3. The molecular weight excluding hydrogens is 264 g/mol. The number of nitrogens with two attached hydrogens (primary N) is 1. The Balaban J connectivity index is 1.67. The number of hydrogen-bond donors (Lipinski definition) is 4. The molecule has 21 heavy (non-hydrogen) atoms. The molecule has 5 N–H and O–H groups in total. The number of benzene rings is 1. The van der Waals surface area contributed by atoms with Crippen LogP contribution in [-0.4, -0.2) is 24.7 Å². The van der Waals surface area contributed by atoms with Gasteiger partial charge in [0.2, 0.25) is 5.91 Å². The molecule has 1 saturated carbocycles. The van der Waals surface area contributed by atoms with Crippen LogP contribution in [0.4, 0.5) is 0 Å². The van der Waals surface area contributed by atoms with E-state index in [1.165, 1.54) is 5.56 Å². The van der Waals surface area contributed by atoms with Gasteiger partial charge in [0.15, 0.2) is 0 Å². The second-order valence-electron chi connectivity index (χ2n) is 6.91. The minimum atomic E-state index is -0.241. The van der Waals surface area contributed by atoms with Gasteiger partial charge in [0.05, 0.1) is 6.17 Å². The second-order valence-corrected chi connectivity index (χ2v) is 6.91. The first-order valence-electron chi connectivity index (χ1n) is 7.54. The van der Waals surface area contributed by atoms with Gasteiger partial charge in [-0.2, -0.15) is 0 Å². The third kappa shape index (κ3) is 2.57. The summed E-state index contributed by atoms with van der Waals surface area (Å²) in [4.78, 5) is 12.2. The van der Waals surface area contributed by atoms with Gasteiger partial charge >= 0.3 is 0 Å². The fourth-order valence-corrected chi connectivity index (χ4v) is 3.48. The van der Waals surface area contributed by atoms with Crippen molar-refractivity contribution in [3.63, 3.8) is 0 Å². The van der Waals surface area contributed by atoms with E-state index in [1.54, 1.807) is 0 Å². The van der Waals surface area contributed by atoms with Gasteiger partial charge in [0, 0.05) is 18.4 Å². The molecule has 1 aliphatic heterocycles. The highest BCUT2D eigenvalue weighted by molar-refractivity contribution is 5.82. The quantitative estimate of drug-likeness (QED) is 0.655. The summed E-state index contributed by atoms with van der Waals surface area (Å²) < 4.78 is 0. The van der Waals surface area contributed by atoms with Gasteiger partial charge in [-0.3, -0.25) is 4.79 Å². The third-order valence-electron chi connectivity index (χ3n) is 5.05. The second kappa shape index (κ2) is 5.09. The Labute approximate surface area is 125 Å². The highest BCUT2D eigenvalue weighted by atomic mass is 16.2. The molecule has 0 bridgehead atoms. The minimum absolute atomic E-state index is 0.0217. The van der Waals surface area contributed by atoms with Crippen molar-refractivity contribution in [1.82, 2.24) is 16.2 Å². The monoisotopic (exact) mass is 288 g/mol. The van der Waals surface area contributed by atoms with E-state index in [0.717, 1.165) is 6.42 Å². The molecule has 5 heteroatoms. The molecule has 114 valence electrons. The van der Waals surface area contributed by atoms with Crippen molar-refractivity contribution in [1.29, 1.82) is 0 Å². The number of rotatable bonds is 4. The van der Waals surface area contributed by atoms with Gasteiger partial charge in [0.25, 0.3) is 0 Å². The smallest absolute Gasteiger partial charge is 0.238 e. The lowest BCUT2D eigenvalue weighted by atomic mass is 9.87. The summed E-state index contributed by atoms with van der Waals surface area (Å²) in [6.45, 7) is 5.20. The normalized spacial score (nSPS) is 33.7. The van der Waals surface area contributed by atoms with E-state index in [2.05, 4.69) is 54.3 Å². The number of hydrazine groups is 1. The van der Waals surface area contributed by atoms with Crippen LogP contribution in [0.5, 0.6) is 0 Å². The van der Waals surface area contributed by atoms with Crippen molar-refractivity contribution in [2.24, 2.45) is 11.1 Å². The van der Waals surface area contributed by atoms with Gasteiger partial charge < -0.3 is 11.1 Å². The standard InChI is InChI=1S/C16H24N4O/c1-15(2)9-16(15,11-6-4-3-5-7-11)10-18-14(21)12-8-13(17)20-19-12/h3-7,12-13,19-20H,8-10,17H2,1-2H3,(H,18,21). The van der Waals surface area contributed by atoms with Crippen LogP contribution >= 0.6 is 0 Å². The summed E-state index contributed by atoms with van der Waals surface area (Å²) in [5, 5.41) is 3.11. The van der Waals surface area contributed by atoms with Crippen LogP contribution in [0.1, 0.15) is 32.3 Å². The van der Waals surface area contributed by atoms with E-state index in [-0.39, 0.29) is 28.9 Å². The average Bonchev–Trinajstić information content (AvgIpc) is 2.81. The average molecular weight is 288 g/mol. The van der Waals surface area contributed by atoms with Crippen LogP contribution in [0, 0.1) is 5.41 Å². The summed E-state index contributed by atoms with van der Waals surface area (Å²) >= 11 is 0. The van der Waals surface area contributed by atoms with Crippen molar-refractivity contribution in [3.8, 4) is 0 Å². The molecule has 1 aromatic rings. The van der Waals surface area contributed by atoms with E-state index >= 15 is 0 Å². The van der Waals surface area contributed by atoms with Crippen molar-refractivity contribution in [2.45, 2.75) is 44.3 Å². The molecule has 0 aromatic heterocycles. The summed E-state index contributed by atoms with van der Waals surface area (Å²) in [5.74, 6) is 0.0217. The Hall–Kier alpha value is -1.43. The number of carbonyl (C=O) groups excluding carboxylic acids is 1. The molecule has 0 radical (unpaired) electrons. The predicted octanol–water partition coefficient (Wildman–Crippen LogP) is 0.622. The van der Waals surface area contributed by atoms with E-state index in [4.69, 9.17) is 5.73 Å². The molecular formula is C16H24N4O. The maximum absolute atomic E-state index is 12.2. The minimum Gasteiger partial charge on any atom is -0.354 e. The molecule has 0 spiro atoms. The SMILES string of the molecule is CC1(C)CC1(CNC(=O)C1CC(N)NN1)c1ccccc1. The van der Waals surface area contributed by atoms with Crippen LogP contribution in [0.3, 0.4) is 0 Å². The molecule has 3 unspecified atom stereocenters. The molecule has 1 aromatic carbocycles. The molecule has 5 nitrogen and oxygen atoms in total. The van der Waals surface area contributed by atoms with E-state index in [0.29, 0.717) is 13.0 Å². The van der Waals surface area contributed by atoms with Gasteiger partial charge in [-0.1, -0.05) is 44.2 Å². The number of carbonyl (C=O) groups is 1. The Morgan fingerprint density at radius 2 is 2.00 bits per heavy atom. The summed E-state index contributed by atoms with van der Waals surface area (Å²) in [6, 6.07) is 10.2.